The molecule has 86 heavy (non-hydrogen) atoms. The fourth-order valence-electron chi connectivity index (χ4n) is 12.1. The van der Waals surface area contributed by atoms with Crippen molar-refractivity contribution in [2.45, 2.75) is 437 Å². The number of rotatable bonds is 73. The smallest absolute Gasteiger partial charge is 0.305 e. The number of carbonyl (C=O) groups is 2. The predicted octanol–water partition coefficient (Wildman–Crippen LogP) is 25.6. The monoisotopic (exact) mass is 1210 g/mol. The summed E-state index contributed by atoms with van der Waals surface area (Å²) in [6.45, 7) is 4.93. The third-order valence-electron chi connectivity index (χ3n) is 18.1. The molecule has 0 saturated heterocycles. The van der Waals surface area contributed by atoms with E-state index in [1.165, 1.54) is 347 Å². The van der Waals surface area contributed by atoms with Crippen LogP contribution < -0.4 is 5.32 Å². The molecule has 0 aromatic carbocycles. The Morgan fingerprint density at radius 3 is 0.895 bits per heavy atom. The van der Waals surface area contributed by atoms with E-state index in [-0.39, 0.29) is 18.5 Å². The lowest BCUT2D eigenvalue weighted by Crippen LogP contribution is -2.45. The van der Waals surface area contributed by atoms with Crippen molar-refractivity contribution in [3.8, 4) is 0 Å². The van der Waals surface area contributed by atoms with Gasteiger partial charge in [0.05, 0.1) is 25.4 Å². The summed E-state index contributed by atoms with van der Waals surface area (Å²) in [7, 11) is 0. The van der Waals surface area contributed by atoms with Crippen LogP contribution in [-0.4, -0.2) is 47.4 Å². The zero-order valence-electron chi connectivity index (χ0n) is 58.1. The number of hydrogen-bond acceptors (Lipinski definition) is 5. The van der Waals surface area contributed by atoms with Crippen molar-refractivity contribution in [2.75, 3.05) is 13.2 Å². The van der Waals surface area contributed by atoms with Crippen LogP contribution in [0.1, 0.15) is 425 Å². The second-order valence-electron chi connectivity index (χ2n) is 26.7. The first-order valence-corrected chi connectivity index (χ1v) is 38.9. The lowest BCUT2D eigenvalue weighted by atomic mass is 10.0. The number of ether oxygens (including phenoxy) is 1. The first-order valence-electron chi connectivity index (χ1n) is 38.9. The number of nitrogens with one attached hydrogen (secondary N) is 1. The highest BCUT2D eigenvalue weighted by Crippen LogP contribution is 2.19. The minimum atomic E-state index is -0.845. The summed E-state index contributed by atoms with van der Waals surface area (Å²) in [4.78, 5) is 24.6. The van der Waals surface area contributed by atoms with Crippen LogP contribution in [0.15, 0.2) is 48.6 Å². The van der Waals surface area contributed by atoms with Crippen molar-refractivity contribution in [1.29, 1.82) is 0 Å². The van der Waals surface area contributed by atoms with Crippen LogP contribution in [0.4, 0.5) is 0 Å². The van der Waals surface area contributed by atoms with Gasteiger partial charge < -0.3 is 20.3 Å². The number of amides is 1. The Bertz CT molecular complexity index is 1440. The quantitative estimate of drug-likeness (QED) is 0.0320. The molecule has 0 aromatic rings. The standard InChI is InChI=1S/C80H151NO5/c1-3-5-7-9-11-13-15-17-19-21-22-38-41-44-48-52-56-60-64-68-72-78(83)77(76-82)81-79(84)73-69-65-61-57-53-49-45-42-39-36-34-32-30-28-26-24-23-25-27-29-31-33-35-37-40-43-47-51-55-59-63-67-71-75-86-80(85)74-70-66-62-58-54-50-46-20-18-16-14-12-10-8-6-4-2/h20,27,29,33,35,46,68,72,77-78,82-83H,3-19,21-26,28,30-32,34,36-45,47-67,69-71,73-76H2,1-2H3,(H,81,84)/b29-27-,35-33-,46-20-,72-68+. The summed E-state index contributed by atoms with van der Waals surface area (Å²) >= 11 is 0. The van der Waals surface area contributed by atoms with Gasteiger partial charge in [0.2, 0.25) is 5.91 Å². The van der Waals surface area contributed by atoms with Crippen LogP contribution in [-0.2, 0) is 14.3 Å². The molecule has 0 saturated carbocycles. The van der Waals surface area contributed by atoms with Gasteiger partial charge in [0.15, 0.2) is 0 Å². The average Bonchev–Trinajstić information content (AvgIpc) is 3.54. The van der Waals surface area contributed by atoms with Crippen molar-refractivity contribution in [2.24, 2.45) is 0 Å². The Hall–Kier alpha value is -2.18. The molecule has 0 spiro atoms. The number of esters is 1. The number of aliphatic hydroxyl groups is 2. The third kappa shape index (κ3) is 70.9. The zero-order valence-corrected chi connectivity index (χ0v) is 58.1. The Morgan fingerprint density at radius 1 is 0.326 bits per heavy atom. The largest absolute Gasteiger partial charge is 0.466 e. The number of aliphatic hydroxyl groups excluding tert-OH is 2. The van der Waals surface area contributed by atoms with Crippen LogP contribution >= 0.6 is 0 Å². The maximum atomic E-state index is 12.5. The van der Waals surface area contributed by atoms with Crippen molar-refractivity contribution >= 4 is 11.9 Å². The van der Waals surface area contributed by atoms with E-state index in [2.05, 4.69) is 55.6 Å². The molecule has 0 aliphatic heterocycles. The number of allylic oxidation sites excluding steroid dienone is 7. The molecule has 0 heterocycles. The van der Waals surface area contributed by atoms with E-state index in [0.29, 0.717) is 19.4 Å². The van der Waals surface area contributed by atoms with Gasteiger partial charge in [-0.25, -0.2) is 0 Å². The van der Waals surface area contributed by atoms with Gasteiger partial charge in [-0.2, -0.15) is 0 Å². The predicted molar refractivity (Wildman–Crippen MR) is 379 cm³/mol. The molecule has 506 valence electrons. The fraction of sp³-hybridized carbons (Fsp3) is 0.875. The average molecular weight is 1210 g/mol. The van der Waals surface area contributed by atoms with Crippen LogP contribution in [0.2, 0.25) is 0 Å². The number of hydrogen-bond donors (Lipinski definition) is 3. The molecule has 1 amide bonds. The molecule has 0 aliphatic carbocycles. The molecule has 0 bridgehead atoms. The number of unbranched alkanes of at least 4 members (excludes halogenated alkanes) is 56. The molecule has 6 heteroatoms. The topological polar surface area (TPSA) is 95.9 Å². The lowest BCUT2D eigenvalue weighted by Gasteiger charge is -2.20. The summed E-state index contributed by atoms with van der Waals surface area (Å²) in [5.41, 5.74) is 0. The molecule has 3 N–H and O–H groups in total. The van der Waals surface area contributed by atoms with Gasteiger partial charge in [-0.15, -0.1) is 0 Å². The first-order chi connectivity index (χ1) is 42.5. The molecular formula is C80H151NO5. The molecule has 2 unspecified atom stereocenters. The number of carbonyl (C=O) groups excluding carboxylic acids is 2. The molecule has 6 nitrogen and oxygen atoms in total. The van der Waals surface area contributed by atoms with Crippen LogP contribution in [0, 0.1) is 0 Å². The Kier molecular flexibility index (Phi) is 73.4. The fourth-order valence-corrected chi connectivity index (χ4v) is 12.1. The normalized spacial score (nSPS) is 12.7. The maximum absolute atomic E-state index is 12.5. The molecule has 0 rings (SSSR count). The molecule has 0 aliphatic rings. The van der Waals surface area contributed by atoms with Crippen LogP contribution in [0.3, 0.4) is 0 Å². The van der Waals surface area contributed by atoms with Crippen LogP contribution in [0.25, 0.3) is 0 Å². The summed E-state index contributed by atoms with van der Waals surface area (Å²) in [6.07, 6.45) is 99.4. The summed E-state index contributed by atoms with van der Waals surface area (Å²) in [6, 6.07) is -0.628. The van der Waals surface area contributed by atoms with E-state index >= 15 is 0 Å². The molecule has 0 fully saturated rings. The Balaban J connectivity index is 3.40. The van der Waals surface area contributed by atoms with E-state index in [1.54, 1.807) is 6.08 Å². The highest BCUT2D eigenvalue weighted by molar-refractivity contribution is 5.76. The Labute approximate surface area is 537 Å². The van der Waals surface area contributed by atoms with E-state index < -0.39 is 12.1 Å². The zero-order chi connectivity index (χ0) is 62.0. The minimum Gasteiger partial charge on any atom is -0.466 e. The highest BCUT2D eigenvalue weighted by Gasteiger charge is 2.18. The van der Waals surface area contributed by atoms with Crippen molar-refractivity contribution < 1.29 is 24.5 Å². The van der Waals surface area contributed by atoms with Gasteiger partial charge in [0.25, 0.3) is 0 Å². The van der Waals surface area contributed by atoms with Crippen molar-refractivity contribution in [3.05, 3.63) is 48.6 Å². The van der Waals surface area contributed by atoms with E-state index in [0.717, 1.165) is 51.4 Å². The third-order valence-corrected chi connectivity index (χ3v) is 18.1. The second kappa shape index (κ2) is 75.3. The highest BCUT2D eigenvalue weighted by atomic mass is 16.5. The van der Waals surface area contributed by atoms with Gasteiger partial charge >= 0.3 is 5.97 Å². The first kappa shape index (κ1) is 83.8. The van der Waals surface area contributed by atoms with Gasteiger partial charge in [-0.3, -0.25) is 9.59 Å². The van der Waals surface area contributed by atoms with Gasteiger partial charge in [-0.05, 0) is 89.9 Å². The summed E-state index contributed by atoms with van der Waals surface area (Å²) < 4.78 is 5.49. The van der Waals surface area contributed by atoms with Gasteiger partial charge in [-0.1, -0.05) is 371 Å². The summed E-state index contributed by atoms with van der Waals surface area (Å²) in [5, 5.41) is 23.3. The molecular weight excluding hydrogens is 1050 g/mol. The van der Waals surface area contributed by atoms with E-state index in [9.17, 15) is 19.8 Å². The van der Waals surface area contributed by atoms with Gasteiger partial charge in [0, 0.05) is 12.8 Å². The van der Waals surface area contributed by atoms with Crippen molar-refractivity contribution in [1.82, 2.24) is 5.32 Å². The van der Waals surface area contributed by atoms with Crippen LogP contribution in [0.5, 0.6) is 0 Å². The lowest BCUT2D eigenvalue weighted by molar-refractivity contribution is -0.143. The SMILES string of the molecule is CCCCCCCCC/C=C\CCCCCCCC(=O)OCCCCCCCCCCC/C=C\C/C=C\CCCCCCCCCCCCCCCCCCCC(=O)NC(CO)C(O)/C=C/CCCCCCCCCCCCCCCCCCCC. The molecule has 2 atom stereocenters. The van der Waals surface area contributed by atoms with Gasteiger partial charge in [0.1, 0.15) is 0 Å². The molecule has 0 radical (unpaired) electrons. The Morgan fingerprint density at radius 2 is 0.581 bits per heavy atom. The van der Waals surface area contributed by atoms with Crippen molar-refractivity contribution in [3.63, 3.8) is 0 Å². The molecule has 0 aromatic heterocycles. The van der Waals surface area contributed by atoms with E-state index in [1.807, 2.05) is 6.08 Å². The van der Waals surface area contributed by atoms with E-state index in [4.69, 9.17) is 4.74 Å². The minimum absolute atomic E-state index is 0.00697. The maximum Gasteiger partial charge on any atom is 0.305 e. The second-order valence-corrected chi connectivity index (χ2v) is 26.7. The summed E-state index contributed by atoms with van der Waals surface area (Å²) in [5.74, 6) is -0.0554.